The van der Waals surface area contributed by atoms with E-state index in [0.717, 1.165) is 5.56 Å². The van der Waals surface area contributed by atoms with Crippen LogP contribution in [0.3, 0.4) is 0 Å². The van der Waals surface area contributed by atoms with Gasteiger partial charge in [0.2, 0.25) is 0 Å². The van der Waals surface area contributed by atoms with Gasteiger partial charge in [0.25, 0.3) is 5.91 Å². The Balaban J connectivity index is 1.74. The van der Waals surface area contributed by atoms with E-state index in [2.05, 4.69) is 21.2 Å². The third kappa shape index (κ3) is 6.10. The van der Waals surface area contributed by atoms with E-state index in [4.69, 9.17) is 21.1 Å². The van der Waals surface area contributed by atoms with E-state index in [9.17, 15) is 14.4 Å². The van der Waals surface area contributed by atoms with Crippen LogP contribution < -0.4 is 14.8 Å². The highest BCUT2D eigenvalue weighted by molar-refractivity contribution is 9.10. The summed E-state index contributed by atoms with van der Waals surface area (Å²) in [5, 5.41) is 12.4. The molecule has 0 aliphatic heterocycles. The molecule has 32 heavy (non-hydrogen) atoms. The minimum atomic E-state index is -0.554. The Kier molecular flexibility index (Phi) is 7.87. The molecule has 0 heterocycles. The van der Waals surface area contributed by atoms with Gasteiger partial charge in [-0.1, -0.05) is 23.7 Å². The summed E-state index contributed by atoms with van der Waals surface area (Å²) >= 11 is 9.76. The van der Waals surface area contributed by atoms with Crippen LogP contribution in [-0.2, 0) is 11.4 Å². The molecule has 162 valence electrons. The molecule has 0 bridgehead atoms. The predicted molar refractivity (Wildman–Crippen MR) is 125 cm³/mol. The molecule has 3 aromatic carbocycles. The first kappa shape index (κ1) is 23.3. The monoisotopic (exact) mass is 514 g/mol. The predicted octanol–water partition coefficient (Wildman–Crippen LogP) is 6.37. The number of ether oxygens (including phenoxy) is 2. The Bertz CT molecular complexity index is 1170. The standard InChI is InChI=1S/C24H17BrClFN2O3/c1-31-20-8-6-19(7-9-20)29-24(30)17(13-28)10-16-11-21(25)23(22(26)12-16)32-14-15-2-4-18(27)5-3-15/h2-12H,14H2,1H3,(H,29,30)/b17-10-. The molecule has 5 nitrogen and oxygen atoms in total. The Morgan fingerprint density at radius 2 is 1.88 bits per heavy atom. The highest BCUT2D eigenvalue weighted by Gasteiger charge is 2.13. The lowest BCUT2D eigenvalue weighted by atomic mass is 10.1. The molecule has 1 N–H and O–H groups in total. The Morgan fingerprint density at radius 1 is 1.19 bits per heavy atom. The van der Waals surface area contributed by atoms with Crippen LogP contribution in [0.2, 0.25) is 5.02 Å². The summed E-state index contributed by atoms with van der Waals surface area (Å²) in [6.45, 7) is 0.196. The van der Waals surface area contributed by atoms with Crippen LogP contribution >= 0.6 is 27.5 Å². The first-order valence-electron chi connectivity index (χ1n) is 9.33. The smallest absolute Gasteiger partial charge is 0.266 e. The van der Waals surface area contributed by atoms with Gasteiger partial charge >= 0.3 is 0 Å². The summed E-state index contributed by atoms with van der Waals surface area (Å²) < 4.78 is 24.4. The number of nitrogens with zero attached hydrogens (tertiary/aromatic N) is 1. The minimum absolute atomic E-state index is 0.0937. The number of rotatable bonds is 7. The first-order chi connectivity index (χ1) is 15.4. The summed E-state index contributed by atoms with van der Waals surface area (Å²) in [5.41, 5.74) is 1.75. The van der Waals surface area contributed by atoms with Crippen molar-refractivity contribution in [3.63, 3.8) is 0 Å². The molecule has 0 saturated carbocycles. The van der Waals surface area contributed by atoms with E-state index in [0.29, 0.717) is 32.2 Å². The summed E-state index contributed by atoms with van der Waals surface area (Å²) in [4.78, 5) is 12.5. The average Bonchev–Trinajstić information content (AvgIpc) is 2.78. The van der Waals surface area contributed by atoms with Crippen molar-refractivity contribution < 1.29 is 18.7 Å². The number of anilines is 1. The quantitative estimate of drug-likeness (QED) is 0.293. The van der Waals surface area contributed by atoms with E-state index < -0.39 is 5.91 Å². The molecule has 0 atom stereocenters. The average molecular weight is 516 g/mol. The number of hydrogen-bond donors (Lipinski definition) is 1. The van der Waals surface area contributed by atoms with Crippen molar-refractivity contribution in [1.82, 2.24) is 0 Å². The van der Waals surface area contributed by atoms with E-state index in [-0.39, 0.29) is 18.0 Å². The van der Waals surface area contributed by atoms with Crippen molar-refractivity contribution in [3.8, 4) is 17.6 Å². The second-order valence-electron chi connectivity index (χ2n) is 6.58. The van der Waals surface area contributed by atoms with Crippen LogP contribution in [0.4, 0.5) is 10.1 Å². The van der Waals surface area contributed by atoms with Gasteiger partial charge in [-0.3, -0.25) is 4.79 Å². The largest absolute Gasteiger partial charge is 0.497 e. The molecule has 0 unspecified atom stereocenters. The topological polar surface area (TPSA) is 71.3 Å². The van der Waals surface area contributed by atoms with Gasteiger partial charge in [0.15, 0.2) is 5.75 Å². The number of amides is 1. The highest BCUT2D eigenvalue weighted by Crippen LogP contribution is 2.35. The third-order valence-electron chi connectivity index (χ3n) is 4.34. The van der Waals surface area contributed by atoms with E-state index in [1.807, 2.05) is 6.07 Å². The van der Waals surface area contributed by atoms with E-state index in [1.54, 1.807) is 55.6 Å². The summed E-state index contributed by atoms with van der Waals surface area (Å²) in [6, 6.07) is 17.9. The second-order valence-corrected chi connectivity index (χ2v) is 7.84. The van der Waals surface area contributed by atoms with Crippen molar-refractivity contribution >= 4 is 45.2 Å². The van der Waals surface area contributed by atoms with Gasteiger partial charge in [-0.15, -0.1) is 0 Å². The number of halogens is 3. The maximum atomic E-state index is 13.0. The van der Waals surface area contributed by atoms with Gasteiger partial charge in [-0.25, -0.2) is 4.39 Å². The second kappa shape index (κ2) is 10.8. The number of methoxy groups -OCH3 is 1. The number of nitrogens with one attached hydrogen (secondary N) is 1. The molecule has 0 fully saturated rings. The summed E-state index contributed by atoms with van der Waals surface area (Å²) in [5.74, 6) is 0.171. The molecule has 3 rings (SSSR count). The van der Waals surface area contributed by atoms with Gasteiger partial charge < -0.3 is 14.8 Å². The first-order valence-corrected chi connectivity index (χ1v) is 10.5. The number of carbonyl (C=O) groups is 1. The fraction of sp³-hybridized carbons (Fsp3) is 0.0833. The molecular weight excluding hydrogens is 499 g/mol. The molecule has 0 aliphatic rings. The van der Waals surface area contributed by atoms with E-state index in [1.165, 1.54) is 18.2 Å². The highest BCUT2D eigenvalue weighted by atomic mass is 79.9. The molecule has 0 aromatic heterocycles. The molecule has 8 heteroatoms. The molecule has 0 spiro atoms. The maximum absolute atomic E-state index is 13.0. The molecule has 0 radical (unpaired) electrons. The Hall–Kier alpha value is -3.34. The van der Waals surface area contributed by atoms with E-state index >= 15 is 0 Å². The zero-order valence-electron chi connectivity index (χ0n) is 16.9. The van der Waals surface area contributed by atoms with Gasteiger partial charge in [0, 0.05) is 5.69 Å². The van der Waals surface area contributed by atoms with Crippen LogP contribution in [-0.4, -0.2) is 13.0 Å². The van der Waals surface area contributed by atoms with Crippen molar-refractivity contribution in [2.45, 2.75) is 6.61 Å². The number of nitriles is 1. The zero-order chi connectivity index (χ0) is 23.1. The normalized spacial score (nSPS) is 10.9. The minimum Gasteiger partial charge on any atom is -0.497 e. The lowest BCUT2D eigenvalue weighted by Gasteiger charge is -2.11. The summed E-state index contributed by atoms with van der Waals surface area (Å²) in [6.07, 6.45) is 1.43. The van der Waals surface area contributed by atoms with Gasteiger partial charge in [0.05, 0.1) is 16.6 Å². The van der Waals surface area contributed by atoms with Gasteiger partial charge in [-0.05, 0) is 81.7 Å². The zero-order valence-corrected chi connectivity index (χ0v) is 19.2. The molecular formula is C24H17BrClFN2O3. The third-order valence-corrected chi connectivity index (χ3v) is 5.21. The van der Waals surface area contributed by atoms with Crippen LogP contribution in [0.25, 0.3) is 6.08 Å². The van der Waals surface area contributed by atoms with Crippen molar-refractivity contribution in [2.75, 3.05) is 12.4 Å². The Labute approximate surface area is 198 Å². The fourth-order valence-corrected chi connectivity index (χ4v) is 3.71. The molecule has 0 saturated heterocycles. The van der Waals surface area contributed by atoms with Crippen molar-refractivity contribution in [3.05, 3.63) is 92.7 Å². The fourth-order valence-electron chi connectivity index (χ4n) is 2.72. The Morgan fingerprint density at radius 3 is 2.47 bits per heavy atom. The van der Waals surface area contributed by atoms with Gasteiger partial charge in [-0.2, -0.15) is 5.26 Å². The van der Waals surface area contributed by atoms with Crippen LogP contribution in [0, 0.1) is 17.1 Å². The van der Waals surface area contributed by atoms with Crippen molar-refractivity contribution in [1.29, 1.82) is 5.26 Å². The van der Waals surface area contributed by atoms with Crippen molar-refractivity contribution in [2.24, 2.45) is 0 Å². The summed E-state index contributed by atoms with van der Waals surface area (Å²) in [7, 11) is 1.55. The lowest BCUT2D eigenvalue weighted by molar-refractivity contribution is -0.112. The van der Waals surface area contributed by atoms with Crippen LogP contribution in [0.1, 0.15) is 11.1 Å². The molecule has 3 aromatic rings. The number of carbonyl (C=O) groups excluding carboxylic acids is 1. The molecule has 0 aliphatic carbocycles. The number of benzene rings is 3. The number of hydrogen-bond acceptors (Lipinski definition) is 4. The SMILES string of the molecule is COc1ccc(NC(=O)/C(C#N)=C\c2cc(Cl)c(OCc3ccc(F)cc3)c(Br)c2)cc1. The molecule has 1 amide bonds. The van der Waals surface area contributed by atoms with Crippen LogP contribution in [0.15, 0.2) is 70.7 Å². The lowest BCUT2D eigenvalue weighted by Crippen LogP contribution is -2.13. The maximum Gasteiger partial charge on any atom is 0.266 e. The van der Waals surface area contributed by atoms with Crippen LogP contribution in [0.5, 0.6) is 11.5 Å². The van der Waals surface area contributed by atoms with Gasteiger partial charge in [0.1, 0.15) is 29.8 Å².